The van der Waals surface area contributed by atoms with E-state index in [2.05, 4.69) is 38.7 Å². The average molecular weight is 338 g/mol. The minimum absolute atomic E-state index is 0.142. The highest BCUT2D eigenvalue weighted by atomic mass is 16.2. The lowest BCUT2D eigenvalue weighted by molar-refractivity contribution is -0.143. The number of imidazole rings is 1. The van der Waals surface area contributed by atoms with Crippen LogP contribution < -0.4 is 0 Å². The summed E-state index contributed by atoms with van der Waals surface area (Å²) in [7, 11) is 1.95. The third kappa shape index (κ3) is 3.21. The Morgan fingerprint density at radius 3 is 2.80 bits per heavy atom. The van der Waals surface area contributed by atoms with Gasteiger partial charge < -0.3 is 9.47 Å². The van der Waals surface area contributed by atoms with E-state index in [4.69, 9.17) is 0 Å². The normalized spacial score (nSPS) is 24.4. The fraction of sp³-hybridized carbons (Fsp3) is 0.500. The maximum Gasteiger partial charge on any atom is 0.229 e. The predicted octanol–water partition coefficient (Wildman–Crippen LogP) is 2.38. The maximum absolute atomic E-state index is 12.7. The van der Waals surface area contributed by atoms with Crippen molar-refractivity contribution in [3.8, 4) is 0 Å². The Morgan fingerprint density at radius 1 is 1.12 bits per heavy atom. The van der Waals surface area contributed by atoms with Crippen LogP contribution in [0.15, 0.2) is 42.9 Å². The maximum atomic E-state index is 12.7. The Bertz CT molecular complexity index is 741. The van der Waals surface area contributed by atoms with Crippen LogP contribution in [0.25, 0.3) is 0 Å². The molecule has 2 aliphatic rings. The zero-order valence-electron chi connectivity index (χ0n) is 14.9. The van der Waals surface area contributed by atoms with Crippen LogP contribution in [0.2, 0.25) is 0 Å². The summed E-state index contributed by atoms with van der Waals surface area (Å²) in [6.07, 6.45) is 7.03. The van der Waals surface area contributed by atoms with E-state index in [1.54, 1.807) is 0 Å². The fourth-order valence-corrected chi connectivity index (χ4v) is 4.37. The van der Waals surface area contributed by atoms with E-state index in [1.807, 2.05) is 30.5 Å². The van der Waals surface area contributed by atoms with Crippen molar-refractivity contribution in [1.29, 1.82) is 0 Å². The molecule has 2 aromatic rings. The lowest BCUT2D eigenvalue weighted by Crippen LogP contribution is -2.48. The van der Waals surface area contributed by atoms with Gasteiger partial charge in [0.2, 0.25) is 5.91 Å². The van der Waals surface area contributed by atoms with Crippen molar-refractivity contribution in [2.75, 3.05) is 26.7 Å². The number of aromatic nitrogens is 2. The van der Waals surface area contributed by atoms with Crippen molar-refractivity contribution >= 4 is 5.91 Å². The minimum atomic E-state index is -0.142. The molecule has 1 atom stereocenters. The van der Waals surface area contributed by atoms with E-state index < -0.39 is 0 Å². The molecule has 4 rings (SSSR count). The van der Waals surface area contributed by atoms with Crippen LogP contribution in [-0.4, -0.2) is 51.9 Å². The van der Waals surface area contributed by atoms with E-state index in [9.17, 15) is 4.79 Å². The standard InChI is InChI=1S/C20H26N4O/c1-22-10-5-8-20(19(22)25)9-11-23(15-20)14-18-12-21-16-24(18)13-17-6-3-2-4-7-17/h2-4,6-7,12,16H,5,8-11,13-15H2,1H3. The SMILES string of the molecule is CN1CCCC2(CCN(Cc3cncn3Cc3ccccc3)C2)C1=O. The average Bonchev–Trinajstić information content (AvgIpc) is 3.22. The molecule has 0 N–H and O–H groups in total. The van der Waals surface area contributed by atoms with Crippen LogP contribution in [0, 0.1) is 5.41 Å². The first-order valence-electron chi connectivity index (χ1n) is 9.17. The number of hydrogen-bond acceptors (Lipinski definition) is 3. The minimum Gasteiger partial charge on any atom is -0.345 e. The first-order chi connectivity index (χ1) is 12.2. The van der Waals surface area contributed by atoms with E-state index in [0.717, 1.165) is 52.0 Å². The zero-order valence-corrected chi connectivity index (χ0v) is 14.9. The molecule has 1 unspecified atom stereocenters. The summed E-state index contributed by atoms with van der Waals surface area (Å²) in [5, 5.41) is 0. The number of benzene rings is 1. The Balaban J connectivity index is 1.44. The summed E-state index contributed by atoms with van der Waals surface area (Å²) in [5.74, 6) is 0.346. The summed E-state index contributed by atoms with van der Waals surface area (Å²) in [6.45, 7) is 4.50. The Labute approximate surface area is 149 Å². The third-order valence-electron chi connectivity index (χ3n) is 5.76. The molecule has 2 saturated heterocycles. The van der Waals surface area contributed by atoms with E-state index >= 15 is 0 Å². The first kappa shape index (κ1) is 16.3. The number of likely N-dealkylation sites (tertiary alicyclic amines) is 2. The van der Waals surface area contributed by atoms with Crippen LogP contribution in [-0.2, 0) is 17.9 Å². The molecule has 1 amide bonds. The van der Waals surface area contributed by atoms with E-state index in [0.29, 0.717) is 5.91 Å². The lowest BCUT2D eigenvalue weighted by Gasteiger charge is -2.37. The van der Waals surface area contributed by atoms with Crippen molar-refractivity contribution in [3.63, 3.8) is 0 Å². The lowest BCUT2D eigenvalue weighted by atomic mass is 9.78. The number of piperidine rings is 1. The molecule has 1 aromatic carbocycles. The van der Waals surface area contributed by atoms with Crippen molar-refractivity contribution in [1.82, 2.24) is 19.4 Å². The molecule has 5 heteroatoms. The largest absolute Gasteiger partial charge is 0.345 e. The van der Waals surface area contributed by atoms with Gasteiger partial charge in [0.1, 0.15) is 0 Å². The molecule has 132 valence electrons. The number of carbonyl (C=O) groups excluding carboxylic acids is 1. The van der Waals surface area contributed by atoms with Crippen LogP contribution in [0.1, 0.15) is 30.5 Å². The van der Waals surface area contributed by atoms with Crippen molar-refractivity contribution in [2.24, 2.45) is 5.41 Å². The smallest absolute Gasteiger partial charge is 0.229 e. The highest BCUT2D eigenvalue weighted by Gasteiger charge is 2.47. The Hall–Kier alpha value is -2.14. The Morgan fingerprint density at radius 2 is 1.96 bits per heavy atom. The summed E-state index contributed by atoms with van der Waals surface area (Å²) in [6, 6.07) is 10.5. The summed E-state index contributed by atoms with van der Waals surface area (Å²) < 4.78 is 2.22. The molecule has 1 spiro atoms. The molecule has 2 fully saturated rings. The fourth-order valence-electron chi connectivity index (χ4n) is 4.37. The zero-order chi connectivity index (χ0) is 17.3. The molecule has 0 radical (unpaired) electrons. The highest BCUT2D eigenvalue weighted by Crippen LogP contribution is 2.40. The number of nitrogens with zero attached hydrogens (tertiary/aromatic N) is 4. The second kappa shape index (κ2) is 6.64. The molecule has 2 aliphatic heterocycles. The quantitative estimate of drug-likeness (QED) is 0.859. The molecule has 0 saturated carbocycles. The van der Waals surface area contributed by atoms with Crippen molar-refractivity contribution < 1.29 is 4.79 Å². The van der Waals surface area contributed by atoms with E-state index in [-0.39, 0.29) is 5.41 Å². The third-order valence-corrected chi connectivity index (χ3v) is 5.76. The molecule has 3 heterocycles. The number of hydrogen-bond donors (Lipinski definition) is 0. The monoisotopic (exact) mass is 338 g/mol. The van der Waals surface area contributed by atoms with Gasteiger partial charge in [-0.05, 0) is 31.4 Å². The molecule has 0 aliphatic carbocycles. The highest BCUT2D eigenvalue weighted by molar-refractivity contribution is 5.83. The summed E-state index contributed by atoms with van der Waals surface area (Å²) in [5.41, 5.74) is 2.36. The molecule has 1 aromatic heterocycles. The van der Waals surface area contributed by atoms with Gasteiger partial charge in [-0.1, -0.05) is 30.3 Å². The van der Waals surface area contributed by atoms with Gasteiger partial charge in [0.25, 0.3) is 0 Å². The first-order valence-corrected chi connectivity index (χ1v) is 9.17. The van der Waals surface area contributed by atoms with Crippen molar-refractivity contribution in [2.45, 2.75) is 32.4 Å². The van der Waals surface area contributed by atoms with Crippen LogP contribution in [0.3, 0.4) is 0 Å². The Kier molecular flexibility index (Phi) is 4.34. The van der Waals surface area contributed by atoms with Gasteiger partial charge in [0.15, 0.2) is 0 Å². The molecular weight excluding hydrogens is 312 g/mol. The number of amides is 1. The van der Waals surface area contributed by atoms with Gasteiger partial charge in [-0.2, -0.15) is 0 Å². The van der Waals surface area contributed by atoms with Gasteiger partial charge in [0, 0.05) is 39.4 Å². The van der Waals surface area contributed by atoms with Crippen molar-refractivity contribution in [3.05, 3.63) is 54.1 Å². The van der Waals surface area contributed by atoms with Gasteiger partial charge in [-0.25, -0.2) is 4.98 Å². The van der Waals surface area contributed by atoms with Crippen LogP contribution >= 0.6 is 0 Å². The number of carbonyl (C=O) groups is 1. The molecule has 0 bridgehead atoms. The van der Waals surface area contributed by atoms with Gasteiger partial charge in [-0.3, -0.25) is 9.69 Å². The molecule has 25 heavy (non-hydrogen) atoms. The van der Waals surface area contributed by atoms with Crippen LogP contribution in [0.4, 0.5) is 0 Å². The summed E-state index contributed by atoms with van der Waals surface area (Å²) in [4.78, 5) is 21.4. The van der Waals surface area contributed by atoms with Gasteiger partial charge >= 0.3 is 0 Å². The van der Waals surface area contributed by atoms with Crippen LogP contribution in [0.5, 0.6) is 0 Å². The second-order valence-corrected chi connectivity index (χ2v) is 7.57. The molecular formula is C20H26N4O. The molecule has 5 nitrogen and oxygen atoms in total. The van der Waals surface area contributed by atoms with Gasteiger partial charge in [-0.15, -0.1) is 0 Å². The summed E-state index contributed by atoms with van der Waals surface area (Å²) >= 11 is 0. The topological polar surface area (TPSA) is 41.4 Å². The predicted molar refractivity (Wildman–Crippen MR) is 97.0 cm³/mol. The van der Waals surface area contributed by atoms with Gasteiger partial charge in [0.05, 0.1) is 17.4 Å². The van der Waals surface area contributed by atoms with E-state index in [1.165, 1.54) is 11.3 Å². The second-order valence-electron chi connectivity index (χ2n) is 7.57. The number of rotatable bonds is 4.